The van der Waals surface area contributed by atoms with Gasteiger partial charge in [-0.05, 0) is 36.1 Å². The molecule has 0 amide bonds. The molecule has 0 bridgehead atoms. The zero-order chi connectivity index (χ0) is 16.1. The third-order valence-electron chi connectivity index (χ3n) is 4.43. The fraction of sp³-hybridized carbons (Fsp3) is 0.810. The van der Waals surface area contributed by atoms with E-state index in [0.29, 0.717) is 5.41 Å². The van der Waals surface area contributed by atoms with Crippen LogP contribution in [0, 0.1) is 5.41 Å². The molecule has 1 heteroatoms. The van der Waals surface area contributed by atoms with Crippen molar-refractivity contribution in [3.8, 4) is 0 Å². The predicted molar refractivity (Wildman–Crippen MR) is 103 cm³/mol. The van der Waals surface area contributed by atoms with E-state index in [9.17, 15) is 0 Å². The van der Waals surface area contributed by atoms with Crippen LogP contribution < -0.4 is 0 Å². The molecule has 0 aliphatic carbocycles. The molecule has 0 atom stereocenters. The van der Waals surface area contributed by atoms with Gasteiger partial charge in [0, 0.05) is 4.88 Å². The maximum Gasteiger partial charge on any atom is 0.00452 e. The summed E-state index contributed by atoms with van der Waals surface area (Å²) in [5.74, 6) is 0. The lowest BCUT2D eigenvalue weighted by atomic mass is 9.89. The molecule has 1 aromatic rings. The van der Waals surface area contributed by atoms with E-state index >= 15 is 0 Å². The minimum atomic E-state index is 0.531. The largest absolute Gasteiger partial charge is 0.149 e. The summed E-state index contributed by atoms with van der Waals surface area (Å²) in [6.07, 6.45) is 18.6. The highest BCUT2D eigenvalue weighted by Gasteiger charge is 2.08. The first kappa shape index (κ1) is 19.7. The average molecular weight is 323 g/mol. The van der Waals surface area contributed by atoms with Gasteiger partial charge < -0.3 is 0 Å². The molecule has 22 heavy (non-hydrogen) atoms. The molecule has 0 radical (unpaired) electrons. The molecular weight excluding hydrogens is 284 g/mol. The van der Waals surface area contributed by atoms with Crippen molar-refractivity contribution in [2.45, 2.75) is 104 Å². The molecule has 0 aromatic carbocycles. The van der Waals surface area contributed by atoms with Crippen molar-refractivity contribution in [1.29, 1.82) is 0 Å². The highest BCUT2D eigenvalue weighted by atomic mass is 32.1. The summed E-state index contributed by atoms with van der Waals surface area (Å²) in [4.78, 5) is 1.56. The van der Waals surface area contributed by atoms with Crippen molar-refractivity contribution in [3.05, 3.63) is 22.4 Å². The molecule has 1 aromatic heterocycles. The van der Waals surface area contributed by atoms with Crippen molar-refractivity contribution < 1.29 is 0 Å². The van der Waals surface area contributed by atoms with E-state index in [1.54, 1.807) is 4.88 Å². The van der Waals surface area contributed by atoms with Crippen LogP contribution in [0.2, 0.25) is 0 Å². The van der Waals surface area contributed by atoms with Gasteiger partial charge in [-0.15, -0.1) is 11.3 Å². The van der Waals surface area contributed by atoms with Crippen LogP contribution in [-0.4, -0.2) is 0 Å². The maximum atomic E-state index is 2.35. The van der Waals surface area contributed by atoms with Crippen LogP contribution in [-0.2, 0) is 6.42 Å². The van der Waals surface area contributed by atoms with Gasteiger partial charge in [0.25, 0.3) is 0 Å². The lowest BCUT2D eigenvalue weighted by Gasteiger charge is -2.17. The van der Waals surface area contributed by atoms with Crippen LogP contribution in [0.3, 0.4) is 0 Å². The SMILES string of the molecule is CC(C)(C)CCCCCCCCCCCCCc1cccs1. The van der Waals surface area contributed by atoms with E-state index in [2.05, 4.69) is 38.3 Å². The maximum absolute atomic E-state index is 2.35. The number of thiophene rings is 1. The summed E-state index contributed by atoms with van der Waals surface area (Å²) in [5, 5.41) is 2.19. The Bertz CT molecular complexity index is 331. The summed E-state index contributed by atoms with van der Waals surface area (Å²) in [6.45, 7) is 7.06. The monoisotopic (exact) mass is 322 g/mol. The third-order valence-corrected chi connectivity index (χ3v) is 5.37. The molecule has 0 saturated heterocycles. The Morgan fingerprint density at radius 3 is 1.68 bits per heavy atom. The molecule has 1 heterocycles. The Morgan fingerprint density at radius 1 is 0.727 bits per heavy atom. The van der Waals surface area contributed by atoms with Gasteiger partial charge in [0.1, 0.15) is 0 Å². The van der Waals surface area contributed by atoms with Gasteiger partial charge in [0.15, 0.2) is 0 Å². The second-order valence-electron chi connectivity index (χ2n) is 8.03. The third kappa shape index (κ3) is 12.3. The standard InChI is InChI=1S/C21H38S/c1-21(2,3)18-14-12-10-8-6-4-5-7-9-11-13-16-20-17-15-19-22-20/h15,17,19H,4-14,16,18H2,1-3H3. The van der Waals surface area contributed by atoms with Gasteiger partial charge in [0.2, 0.25) is 0 Å². The number of aryl methyl sites for hydroxylation is 1. The van der Waals surface area contributed by atoms with Crippen molar-refractivity contribution in [1.82, 2.24) is 0 Å². The first-order valence-corrected chi connectivity index (χ1v) is 10.5. The van der Waals surface area contributed by atoms with E-state index in [0.717, 1.165) is 0 Å². The van der Waals surface area contributed by atoms with Crippen LogP contribution in [0.15, 0.2) is 17.5 Å². The minimum absolute atomic E-state index is 0.531. The Morgan fingerprint density at radius 2 is 1.23 bits per heavy atom. The Hall–Kier alpha value is -0.300. The van der Waals surface area contributed by atoms with Crippen LogP contribution >= 0.6 is 11.3 Å². The molecule has 0 nitrogen and oxygen atoms in total. The van der Waals surface area contributed by atoms with Gasteiger partial charge in [-0.3, -0.25) is 0 Å². The number of hydrogen-bond acceptors (Lipinski definition) is 1. The summed E-state index contributed by atoms with van der Waals surface area (Å²) in [5.41, 5.74) is 0.531. The van der Waals surface area contributed by atoms with Gasteiger partial charge in [-0.2, -0.15) is 0 Å². The molecule has 0 saturated carbocycles. The van der Waals surface area contributed by atoms with Crippen molar-refractivity contribution in [2.75, 3.05) is 0 Å². The Balaban J connectivity index is 1.73. The van der Waals surface area contributed by atoms with Crippen molar-refractivity contribution in [2.24, 2.45) is 5.41 Å². The molecule has 128 valence electrons. The second kappa shape index (κ2) is 12.2. The van der Waals surface area contributed by atoms with Crippen LogP contribution in [0.25, 0.3) is 0 Å². The fourth-order valence-corrected chi connectivity index (χ4v) is 3.75. The minimum Gasteiger partial charge on any atom is -0.149 e. The molecule has 1 rings (SSSR count). The molecule has 0 N–H and O–H groups in total. The highest BCUT2D eigenvalue weighted by Crippen LogP contribution is 2.22. The average Bonchev–Trinajstić information content (AvgIpc) is 2.96. The van der Waals surface area contributed by atoms with Crippen LogP contribution in [0.5, 0.6) is 0 Å². The van der Waals surface area contributed by atoms with E-state index in [-0.39, 0.29) is 0 Å². The first-order chi connectivity index (χ1) is 10.6. The number of hydrogen-bond donors (Lipinski definition) is 0. The lowest BCUT2D eigenvalue weighted by molar-refractivity contribution is 0.356. The zero-order valence-corrected chi connectivity index (χ0v) is 16.1. The van der Waals surface area contributed by atoms with E-state index in [1.165, 1.54) is 83.5 Å². The first-order valence-electron chi connectivity index (χ1n) is 9.60. The molecular formula is C21H38S. The van der Waals surface area contributed by atoms with Crippen LogP contribution in [0.4, 0.5) is 0 Å². The topological polar surface area (TPSA) is 0 Å². The Kier molecular flexibility index (Phi) is 10.9. The normalized spacial score (nSPS) is 12.0. The molecule has 0 unspecified atom stereocenters. The van der Waals surface area contributed by atoms with Crippen molar-refractivity contribution in [3.63, 3.8) is 0 Å². The molecule has 0 aliphatic heterocycles. The van der Waals surface area contributed by atoms with Crippen molar-refractivity contribution >= 4 is 11.3 Å². The highest BCUT2D eigenvalue weighted by molar-refractivity contribution is 7.09. The lowest BCUT2D eigenvalue weighted by Crippen LogP contribution is -2.03. The molecule has 0 spiro atoms. The summed E-state index contributed by atoms with van der Waals surface area (Å²) < 4.78 is 0. The summed E-state index contributed by atoms with van der Waals surface area (Å²) >= 11 is 1.91. The number of unbranched alkanes of at least 4 members (excludes halogenated alkanes) is 10. The Labute approximate surface area is 143 Å². The molecule has 0 aliphatic rings. The predicted octanol–water partition coefficient (Wildman–Crippen LogP) is 8.02. The van der Waals surface area contributed by atoms with E-state index in [4.69, 9.17) is 0 Å². The zero-order valence-electron chi connectivity index (χ0n) is 15.3. The second-order valence-corrected chi connectivity index (χ2v) is 9.06. The smallest absolute Gasteiger partial charge is 0.00452 e. The van der Waals surface area contributed by atoms with Gasteiger partial charge >= 0.3 is 0 Å². The van der Waals surface area contributed by atoms with Gasteiger partial charge in [0.05, 0.1) is 0 Å². The van der Waals surface area contributed by atoms with Gasteiger partial charge in [-0.1, -0.05) is 91.0 Å². The molecule has 0 fully saturated rings. The summed E-state index contributed by atoms with van der Waals surface area (Å²) in [6, 6.07) is 4.44. The number of rotatable bonds is 13. The van der Waals surface area contributed by atoms with E-state index < -0.39 is 0 Å². The van der Waals surface area contributed by atoms with Gasteiger partial charge in [-0.25, -0.2) is 0 Å². The van der Waals surface area contributed by atoms with E-state index in [1.807, 2.05) is 11.3 Å². The van der Waals surface area contributed by atoms with Crippen LogP contribution in [0.1, 0.15) is 103 Å². The summed E-state index contributed by atoms with van der Waals surface area (Å²) in [7, 11) is 0. The fourth-order valence-electron chi connectivity index (χ4n) is 3.00. The quantitative estimate of drug-likeness (QED) is 0.322.